The molecule has 3 rings (SSSR count). The highest BCUT2D eigenvalue weighted by Gasteiger charge is 2.11. The van der Waals surface area contributed by atoms with Crippen molar-refractivity contribution in [2.24, 2.45) is 0 Å². The highest BCUT2D eigenvalue weighted by atomic mass is 79.9. The van der Waals surface area contributed by atoms with Crippen LogP contribution in [0.4, 0.5) is 5.82 Å². The maximum atomic E-state index is 5.22. The molecule has 2 heterocycles. The van der Waals surface area contributed by atoms with Crippen molar-refractivity contribution in [1.29, 1.82) is 0 Å². The summed E-state index contributed by atoms with van der Waals surface area (Å²) < 4.78 is 11.3. The van der Waals surface area contributed by atoms with Crippen LogP contribution in [0.3, 0.4) is 0 Å². The van der Waals surface area contributed by atoms with E-state index < -0.39 is 0 Å². The van der Waals surface area contributed by atoms with Crippen LogP contribution in [0.1, 0.15) is 0 Å². The Kier molecular flexibility index (Phi) is 6.27. The average Bonchev–Trinajstić information content (AvgIpc) is 2.69. The van der Waals surface area contributed by atoms with Crippen molar-refractivity contribution in [2.45, 2.75) is 6.29 Å². The van der Waals surface area contributed by atoms with Gasteiger partial charge in [0.2, 0.25) is 0 Å². The van der Waals surface area contributed by atoms with Crippen molar-refractivity contribution in [3.05, 3.63) is 59.3 Å². The van der Waals surface area contributed by atoms with Crippen LogP contribution in [0, 0.1) is 0 Å². The van der Waals surface area contributed by atoms with E-state index in [9.17, 15) is 0 Å². The van der Waals surface area contributed by atoms with Gasteiger partial charge in [0.25, 0.3) is 0 Å². The predicted octanol–water partition coefficient (Wildman–Crippen LogP) is 4.00. The molecular weight excluding hydrogens is 396 g/mol. The number of halogens is 1. The number of hydrogen-bond acceptors (Lipinski definition) is 6. The van der Waals surface area contributed by atoms with Gasteiger partial charge < -0.3 is 14.8 Å². The number of benzene rings is 1. The van der Waals surface area contributed by atoms with Gasteiger partial charge in [-0.05, 0) is 22.0 Å². The zero-order valence-electron chi connectivity index (χ0n) is 14.5. The van der Waals surface area contributed by atoms with E-state index in [-0.39, 0.29) is 6.29 Å². The van der Waals surface area contributed by atoms with E-state index in [1.54, 1.807) is 26.6 Å². The van der Waals surface area contributed by atoms with E-state index in [1.165, 1.54) is 0 Å². The van der Waals surface area contributed by atoms with Crippen LogP contribution in [-0.4, -0.2) is 42.0 Å². The molecule has 3 aromatic rings. The number of nitrogens with one attached hydrogen (secondary N) is 1. The van der Waals surface area contributed by atoms with E-state index in [0.717, 1.165) is 21.3 Å². The Balaban J connectivity index is 1.99. The molecule has 0 fully saturated rings. The van der Waals surface area contributed by atoms with Gasteiger partial charge in [-0.25, -0.2) is 9.97 Å². The van der Waals surface area contributed by atoms with E-state index in [0.29, 0.717) is 18.2 Å². The van der Waals surface area contributed by atoms with Gasteiger partial charge in [-0.15, -0.1) is 0 Å². The second-order valence-corrected chi connectivity index (χ2v) is 6.42. The molecule has 2 aromatic heterocycles. The zero-order valence-corrected chi connectivity index (χ0v) is 16.1. The molecule has 1 N–H and O–H groups in total. The fourth-order valence-electron chi connectivity index (χ4n) is 2.40. The molecule has 0 spiro atoms. The third kappa shape index (κ3) is 4.63. The van der Waals surface area contributed by atoms with E-state index >= 15 is 0 Å². The summed E-state index contributed by atoms with van der Waals surface area (Å²) >= 11 is 3.46. The van der Waals surface area contributed by atoms with Crippen molar-refractivity contribution in [3.8, 4) is 22.6 Å². The second kappa shape index (κ2) is 8.84. The average molecular weight is 415 g/mol. The molecule has 7 heteroatoms. The maximum Gasteiger partial charge on any atom is 0.173 e. The van der Waals surface area contributed by atoms with Crippen molar-refractivity contribution >= 4 is 21.7 Å². The lowest BCUT2D eigenvalue weighted by Gasteiger charge is -2.15. The quantitative estimate of drug-likeness (QED) is 0.589. The topological polar surface area (TPSA) is 69.2 Å². The summed E-state index contributed by atoms with van der Waals surface area (Å²) in [6.45, 7) is 0.467. The molecule has 0 aliphatic rings. The Morgan fingerprint density at radius 3 is 2.46 bits per heavy atom. The van der Waals surface area contributed by atoms with Gasteiger partial charge in [0.05, 0.1) is 12.2 Å². The summed E-state index contributed by atoms with van der Waals surface area (Å²) in [7, 11) is 3.20. The fourth-order valence-corrected chi connectivity index (χ4v) is 2.77. The number of nitrogens with zero attached hydrogens (tertiary/aromatic N) is 3. The first kappa shape index (κ1) is 18.4. The summed E-state index contributed by atoms with van der Waals surface area (Å²) in [4.78, 5) is 13.6. The molecule has 0 unspecified atom stereocenters. The molecule has 134 valence electrons. The lowest BCUT2D eigenvalue weighted by atomic mass is 10.1. The molecule has 0 saturated heterocycles. The summed E-state index contributed by atoms with van der Waals surface area (Å²) in [5.41, 5.74) is 2.62. The number of rotatable bonds is 7. The predicted molar refractivity (Wildman–Crippen MR) is 105 cm³/mol. The Bertz CT molecular complexity index is 857. The maximum absolute atomic E-state index is 5.22. The highest BCUT2D eigenvalue weighted by Crippen LogP contribution is 2.25. The first-order valence-electron chi connectivity index (χ1n) is 8.04. The molecule has 0 bridgehead atoms. The fraction of sp³-hybridized carbons (Fsp3) is 0.211. The van der Waals surface area contributed by atoms with Gasteiger partial charge in [-0.1, -0.05) is 30.3 Å². The van der Waals surface area contributed by atoms with Gasteiger partial charge in [0.15, 0.2) is 12.1 Å². The van der Waals surface area contributed by atoms with Gasteiger partial charge in [0.1, 0.15) is 5.82 Å². The van der Waals surface area contributed by atoms with Crippen molar-refractivity contribution in [3.63, 3.8) is 0 Å². The van der Waals surface area contributed by atoms with Gasteiger partial charge >= 0.3 is 0 Å². The lowest BCUT2D eigenvalue weighted by molar-refractivity contribution is -0.0914. The minimum absolute atomic E-state index is 0.360. The molecule has 0 amide bonds. The van der Waals surface area contributed by atoms with Gasteiger partial charge in [0, 0.05) is 48.3 Å². The monoisotopic (exact) mass is 414 g/mol. The van der Waals surface area contributed by atoms with Crippen LogP contribution in [0.15, 0.2) is 59.3 Å². The van der Waals surface area contributed by atoms with Crippen LogP contribution >= 0.6 is 15.9 Å². The SMILES string of the molecule is COC(CNc1cc(-c2cncc(Br)c2)nc(-c2ccccc2)n1)OC. The van der Waals surface area contributed by atoms with Crippen LogP contribution < -0.4 is 5.32 Å². The summed E-state index contributed by atoms with van der Waals surface area (Å²) in [6.07, 6.45) is 3.16. The van der Waals surface area contributed by atoms with Gasteiger partial charge in [-0.3, -0.25) is 4.98 Å². The highest BCUT2D eigenvalue weighted by molar-refractivity contribution is 9.10. The molecule has 26 heavy (non-hydrogen) atoms. The Hall–Kier alpha value is -2.35. The van der Waals surface area contributed by atoms with Crippen LogP contribution in [0.2, 0.25) is 0 Å². The zero-order chi connectivity index (χ0) is 18.4. The molecule has 0 saturated carbocycles. The molecule has 0 aliphatic heterocycles. The first-order chi connectivity index (χ1) is 12.7. The third-order valence-electron chi connectivity index (χ3n) is 3.73. The number of ether oxygens (including phenoxy) is 2. The van der Waals surface area contributed by atoms with Crippen LogP contribution in [-0.2, 0) is 9.47 Å². The van der Waals surface area contributed by atoms with E-state index in [2.05, 4.69) is 31.2 Å². The number of hydrogen-bond donors (Lipinski definition) is 1. The van der Waals surface area contributed by atoms with Gasteiger partial charge in [-0.2, -0.15) is 0 Å². The molecule has 0 aliphatic carbocycles. The summed E-state index contributed by atoms with van der Waals surface area (Å²) in [5.74, 6) is 1.32. The Morgan fingerprint density at radius 2 is 1.77 bits per heavy atom. The van der Waals surface area contributed by atoms with E-state index in [4.69, 9.17) is 14.5 Å². The number of methoxy groups -OCH3 is 2. The Labute approximate surface area is 160 Å². The first-order valence-corrected chi connectivity index (χ1v) is 8.84. The molecular formula is C19H19BrN4O2. The third-order valence-corrected chi connectivity index (χ3v) is 4.17. The molecule has 1 aromatic carbocycles. The standard InChI is InChI=1S/C19H19BrN4O2/c1-25-18(26-2)12-22-17-9-16(14-8-15(20)11-21-10-14)23-19(24-17)13-6-4-3-5-7-13/h3-11,18H,12H2,1-2H3,(H,22,23,24). The van der Waals surface area contributed by atoms with Crippen LogP contribution in [0.25, 0.3) is 22.6 Å². The Morgan fingerprint density at radius 1 is 1.00 bits per heavy atom. The number of aromatic nitrogens is 3. The van der Waals surface area contributed by atoms with Crippen molar-refractivity contribution in [2.75, 3.05) is 26.1 Å². The smallest absolute Gasteiger partial charge is 0.173 e. The normalized spacial score (nSPS) is 10.9. The number of pyridine rings is 1. The van der Waals surface area contributed by atoms with Crippen molar-refractivity contribution in [1.82, 2.24) is 15.0 Å². The molecule has 6 nitrogen and oxygen atoms in total. The van der Waals surface area contributed by atoms with E-state index in [1.807, 2.05) is 42.5 Å². The largest absolute Gasteiger partial charge is 0.365 e. The summed E-state index contributed by atoms with van der Waals surface area (Å²) in [5, 5.41) is 3.25. The molecule has 0 radical (unpaired) electrons. The minimum atomic E-state index is -0.360. The lowest BCUT2D eigenvalue weighted by Crippen LogP contribution is -2.24. The van der Waals surface area contributed by atoms with Crippen LogP contribution in [0.5, 0.6) is 0 Å². The van der Waals surface area contributed by atoms with Crippen molar-refractivity contribution < 1.29 is 9.47 Å². The molecule has 0 atom stereocenters. The second-order valence-electron chi connectivity index (χ2n) is 5.50. The minimum Gasteiger partial charge on any atom is -0.365 e. The number of anilines is 1. The summed E-state index contributed by atoms with van der Waals surface area (Å²) in [6, 6.07) is 13.7.